The van der Waals surface area contributed by atoms with E-state index >= 15 is 0 Å². The van der Waals surface area contributed by atoms with Gasteiger partial charge in [0, 0.05) is 18.0 Å². The van der Waals surface area contributed by atoms with Crippen molar-refractivity contribution in [1.82, 2.24) is 4.98 Å². The number of hydrazone groups is 1. The number of methoxy groups -OCH3 is 1. The maximum absolute atomic E-state index is 5.85. The van der Waals surface area contributed by atoms with E-state index in [0.717, 1.165) is 39.2 Å². The number of hydrogen-bond donors (Lipinski definition) is 0. The average Bonchev–Trinajstić information content (AvgIpc) is 3.29. The Hall–Kier alpha value is -3.64. The molecule has 4 rings (SSSR count). The fourth-order valence-corrected chi connectivity index (χ4v) is 3.51. The Morgan fingerprint density at radius 3 is 2.23 bits per heavy atom. The number of para-hydroxylation sites is 1. The second-order valence-corrected chi connectivity index (χ2v) is 7.33. The third-order valence-corrected chi connectivity index (χ3v) is 5.30. The van der Waals surface area contributed by atoms with Gasteiger partial charge in [-0.1, -0.05) is 18.2 Å². The van der Waals surface area contributed by atoms with Crippen LogP contribution in [0.4, 0.5) is 5.13 Å². The molecule has 0 aliphatic heterocycles. The van der Waals surface area contributed by atoms with Gasteiger partial charge in [-0.15, -0.1) is 11.3 Å². The summed E-state index contributed by atoms with van der Waals surface area (Å²) in [4.78, 5) is 4.70. The Morgan fingerprint density at radius 1 is 0.867 bits per heavy atom. The van der Waals surface area contributed by atoms with E-state index in [-0.39, 0.29) is 0 Å². The van der Waals surface area contributed by atoms with Crippen LogP contribution < -0.4 is 14.5 Å². The number of aromatic nitrogens is 1. The van der Waals surface area contributed by atoms with E-state index in [2.05, 4.69) is 5.10 Å². The molecule has 0 spiro atoms. The van der Waals surface area contributed by atoms with Crippen LogP contribution in [0, 0.1) is 0 Å². The van der Waals surface area contributed by atoms with Gasteiger partial charge in [0.15, 0.2) is 0 Å². The summed E-state index contributed by atoms with van der Waals surface area (Å²) in [6, 6.07) is 25.4. The van der Waals surface area contributed by atoms with Crippen LogP contribution in [0.25, 0.3) is 11.3 Å². The van der Waals surface area contributed by atoms with Gasteiger partial charge in [-0.05, 0) is 66.2 Å². The maximum atomic E-state index is 5.85. The Morgan fingerprint density at radius 2 is 1.53 bits per heavy atom. The molecule has 0 fully saturated rings. The van der Waals surface area contributed by atoms with Gasteiger partial charge in [-0.3, -0.25) is 0 Å². The maximum Gasteiger partial charge on any atom is 0.206 e. The predicted molar refractivity (Wildman–Crippen MR) is 123 cm³/mol. The van der Waals surface area contributed by atoms with Crippen LogP contribution in [0.15, 0.2) is 89.3 Å². The monoisotopic (exact) mass is 415 g/mol. The Balaban J connectivity index is 1.42. The van der Waals surface area contributed by atoms with Gasteiger partial charge >= 0.3 is 0 Å². The summed E-state index contributed by atoms with van der Waals surface area (Å²) in [6.07, 6.45) is 1.80. The van der Waals surface area contributed by atoms with Crippen LogP contribution in [-0.4, -0.2) is 25.4 Å². The van der Waals surface area contributed by atoms with E-state index in [4.69, 9.17) is 14.5 Å². The first-order valence-corrected chi connectivity index (χ1v) is 10.3. The molecule has 4 aromatic rings. The highest BCUT2D eigenvalue weighted by Gasteiger charge is 2.08. The van der Waals surface area contributed by atoms with E-state index in [1.54, 1.807) is 29.7 Å². The first-order chi connectivity index (χ1) is 14.7. The van der Waals surface area contributed by atoms with Crippen LogP contribution in [0.3, 0.4) is 0 Å². The van der Waals surface area contributed by atoms with Gasteiger partial charge < -0.3 is 9.47 Å². The number of hydrogen-bond acceptors (Lipinski definition) is 6. The molecule has 1 aromatic heterocycles. The van der Waals surface area contributed by atoms with Crippen molar-refractivity contribution in [3.05, 3.63) is 89.8 Å². The van der Waals surface area contributed by atoms with Crippen molar-refractivity contribution in [1.29, 1.82) is 0 Å². The molecule has 0 radical (unpaired) electrons. The topological polar surface area (TPSA) is 47.0 Å². The highest BCUT2D eigenvalue weighted by atomic mass is 32.1. The third kappa shape index (κ3) is 4.85. The summed E-state index contributed by atoms with van der Waals surface area (Å²) in [5.74, 6) is 2.43. The summed E-state index contributed by atoms with van der Waals surface area (Å²) in [5, 5.41) is 9.10. The largest absolute Gasteiger partial charge is 0.497 e. The average molecular weight is 416 g/mol. The van der Waals surface area contributed by atoms with E-state index in [9.17, 15) is 0 Å². The second-order valence-electron chi connectivity index (χ2n) is 6.50. The molecule has 1 heterocycles. The molecular formula is C24H21N3O2S. The van der Waals surface area contributed by atoms with Crippen molar-refractivity contribution >= 4 is 22.7 Å². The molecule has 5 nitrogen and oxygen atoms in total. The molecule has 0 N–H and O–H groups in total. The minimum Gasteiger partial charge on any atom is -0.497 e. The number of ether oxygens (including phenoxy) is 2. The lowest BCUT2D eigenvalue weighted by Gasteiger charge is -2.08. The van der Waals surface area contributed by atoms with E-state index < -0.39 is 0 Å². The Kier molecular flexibility index (Phi) is 6.06. The number of benzene rings is 3. The van der Waals surface area contributed by atoms with Crippen molar-refractivity contribution in [3.8, 4) is 28.5 Å². The number of rotatable bonds is 7. The third-order valence-electron chi connectivity index (χ3n) is 4.39. The molecule has 0 amide bonds. The van der Waals surface area contributed by atoms with E-state index in [1.165, 1.54) is 0 Å². The van der Waals surface area contributed by atoms with Gasteiger partial charge in [0.25, 0.3) is 0 Å². The zero-order valence-electron chi connectivity index (χ0n) is 16.7. The minimum atomic E-state index is 0.793. The fraction of sp³-hybridized carbons (Fsp3) is 0.0833. The van der Waals surface area contributed by atoms with Crippen molar-refractivity contribution < 1.29 is 9.47 Å². The van der Waals surface area contributed by atoms with Gasteiger partial charge in [0.2, 0.25) is 5.13 Å². The highest BCUT2D eigenvalue weighted by molar-refractivity contribution is 7.14. The van der Waals surface area contributed by atoms with Crippen LogP contribution in [0.5, 0.6) is 17.2 Å². The lowest BCUT2D eigenvalue weighted by atomic mass is 10.2. The van der Waals surface area contributed by atoms with E-state index in [1.807, 2.05) is 91.3 Å². The van der Waals surface area contributed by atoms with Crippen molar-refractivity contribution in [3.63, 3.8) is 0 Å². The SMILES string of the molecule is COc1ccc(C=NN(C)c2nc(-c3ccc(Oc4ccccc4)cc3)cs2)cc1. The molecule has 3 aromatic carbocycles. The van der Waals surface area contributed by atoms with Crippen LogP contribution in [0.1, 0.15) is 5.56 Å². The zero-order valence-corrected chi connectivity index (χ0v) is 17.5. The zero-order chi connectivity index (χ0) is 20.8. The van der Waals surface area contributed by atoms with Crippen molar-refractivity contribution in [2.45, 2.75) is 0 Å². The molecule has 6 heteroatoms. The fourth-order valence-electron chi connectivity index (χ4n) is 2.76. The summed E-state index contributed by atoms with van der Waals surface area (Å²) in [6.45, 7) is 0. The minimum absolute atomic E-state index is 0.793. The Labute approximate surface area is 179 Å². The standard InChI is InChI=1S/C24H21N3O2S/c1-27(25-16-18-8-12-20(28-2)13-9-18)24-26-23(17-30-24)19-10-14-22(15-11-19)29-21-6-4-3-5-7-21/h3-17H,1-2H3. The molecule has 150 valence electrons. The molecule has 0 bridgehead atoms. The molecule has 0 saturated heterocycles. The molecule has 0 aliphatic rings. The lowest BCUT2D eigenvalue weighted by molar-refractivity contribution is 0.415. The summed E-state index contributed by atoms with van der Waals surface area (Å²) in [7, 11) is 3.54. The number of thiazole rings is 1. The quantitative estimate of drug-likeness (QED) is 0.271. The summed E-state index contributed by atoms with van der Waals surface area (Å²) in [5.41, 5.74) is 2.94. The smallest absolute Gasteiger partial charge is 0.206 e. The number of anilines is 1. The van der Waals surface area contributed by atoms with Gasteiger partial charge in [-0.25, -0.2) is 9.99 Å². The first-order valence-electron chi connectivity index (χ1n) is 9.42. The molecule has 0 atom stereocenters. The summed E-state index contributed by atoms with van der Waals surface area (Å²) < 4.78 is 11.0. The predicted octanol–water partition coefficient (Wildman–Crippen LogP) is 6.08. The lowest BCUT2D eigenvalue weighted by Crippen LogP contribution is -2.08. The molecule has 0 saturated carbocycles. The van der Waals surface area contributed by atoms with Crippen LogP contribution in [0.2, 0.25) is 0 Å². The summed E-state index contributed by atoms with van der Waals surface area (Å²) >= 11 is 1.55. The highest BCUT2D eigenvalue weighted by Crippen LogP contribution is 2.29. The molecular weight excluding hydrogens is 394 g/mol. The van der Waals surface area contributed by atoms with Gasteiger partial charge in [0.1, 0.15) is 17.2 Å². The molecule has 0 aliphatic carbocycles. The molecule has 0 unspecified atom stereocenters. The first kappa shape index (κ1) is 19.7. The second kappa shape index (κ2) is 9.24. The van der Waals surface area contributed by atoms with Gasteiger partial charge in [-0.2, -0.15) is 5.10 Å². The van der Waals surface area contributed by atoms with E-state index in [0.29, 0.717) is 0 Å². The van der Waals surface area contributed by atoms with Crippen molar-refractivity contribution in [2.75, 3.05) is 19.2 Å². The normalized spacial score (nSPS) is 10.9. The Bertz CT molecular complexity index is 1110. The molecule has 30 heavy (non-hydrogen) atoms. The van der Waals surface area contributed by atoms with Crippen LogP contribution in [-0.2, 0) is 0 Å². The van der Waals surface area contributed by atoms with Gasteiger partial charge in [0.05, 0.1) is 19.0 Å². The van der Waals surface area contributed by atoms with Crippen LogP contribution >= 0.6 is 11.3 Å². The number of nitrogens with zero attached hydrogens (tertiary/aromatic N) is 3. The van der Waals surface area contributed by atoms with Crippen molar-refractivity contribution in [2.24, 2.45) is 5.10 Å².